The van der Waals surface area contributed by atoms with Crippen molar-refractivity contribution < 1.29 is 23.9 Å². The Bertz CT molecular complexity index is 970. The maximum absolute atomic E-state index is 14.9. The molecule has 0 heterocycles. The molecule has 2 aromatic rings. The van der Waals surface area contributed by atoms with Crippen LogP contribution in [0.25, 0.3) is 0 Å². The van der Waals surface area contributed by atoms with E-state index in [1.807, 2.05) is 24.3 Å². The largest absolute Gasteiger partial charge is 0.462 e. The second kappa shape index (κ2) is 11.4. The summed E-state index contributed by atoms with van der Waals surface area (Å²) < 4.78 is 10.3. The Hall–Kier alpha value is -2.95. The Morgan fingerprint density at radius 1 is 0.583 bits per heavy atom. The minimum Gasteiger partial charge on any atom is -0.462 e. The quantitative estimate of drug-likeness (QED) is 0.385. The number of benzene rings is 2. The van der Waals surface area contributed by atoms with Gasteiger partial charge in [0.2, 0.25) is 0 Å². The van der Waals surface area contributed by atoms with Gasteiger partial charge < -0.3 is 9.47 Å². The van der Waals surface area contributed by atoms with Crippen LogP contribution in [0.4, 0.5) is 0 Å². The molecule has 0 radical (unpaired) electrons. The van der Waals surface area contributed by atoms with Crippen LogP contribution in [0.15, 0.2) is 48.5 Å². The number of hydrogen-bond donors (Lipinski definition) is 0. The predicted molar refractivity (Wildman–Crippen MR) is 139 cm³/mol. The van der Waals surface area contributed by atoms with Crippen LogP contribution in [-0.2, 0) is 25.1 Å². The van der Waals surface area contributed by atoms with Crippen molar-refractivity contribution in [3.8, 4) is 0 Å². The highest BCUT2D eigenvalue weighted by molar-refractivity contribution is 6.00. The molecule has 0 aromatic heterocycles. The lowest BCUT2D eigenvalue weighted by atomic mass is 9.55. The summed E-state index contributed by atoms with van der Waals surface area (Å²) in [5, 5.41) is 0. The second-order valence-electron chi connectivity index (χ2n) is 10.2. The van der Waals surface area contributed by atoms with E-state index >= 15 is 0 Å². The fourth-order valence-corrected chi connectivity index (χ4v) is 6.34. The zero-order chi connectivity index (χ0) is 25.6. The average Bonchev–Trinajstić information content (AvgIpc) is 2.94. The second-order valence-corrected chi connectivity index (χ2v) is 10.2. The smallest absolute Gasteiger partial charge is 0.338 e. The number of carbonyl (C=O) groups excluding carboxylic acids is 3. The molecule has 5 heteroatoms. The van der Waals surface area contributed by atoms with E-state index in [0.717, 1.165) is 75.3 Å². The van der Waals surface area contributed by atoms with Crippen LogP contribution in [0.3, 0.4) is 0 Å². The molecule has 5 nitrogen and oxygen atoms in total. The number of esters is 2. The molecule has 4 rings (SSSR count). The van der Waals surface area contributed by atoms with Gasteiger partial charge in [0.1, 0.15) is 0 Å². The first-order valence-electron chi connectivity index (χ1n) is 13.6. The molecule has 0 spiro atoms. The lowest BCUT2D eigenvalue weighted by molar-refractivity contribution is -0.133. The van der Waals surface area contributed by atoms with Crippen molar-refractivity contribution in [3.05, 3.63) is 70.8 Å². The molecule has 2 fully saturated rings. The third-order valence-electron chi connectivity index (χ3n) is 8.18. The van der Waals surface area contributed by atoms with E-state index in [9.17, 15) is 14.4 Å². The first-order valence-corrected chi connectivity index (χ1v) is 13.6. The highest BCUT2D eigenvalue weighted by atomic mass is 16.5. The van der Waals surface area contributed by atoms with Gasteiger partial charge >= 0.3 is 11.9 Å². The van der Waals surface area contributed by atoms with E-state index in [4.69, 9.17) is 9.47 Å². The number of Topliss-reactive ketones (excluding diaryl/α,β-unsaturated/α-hetero) is 1. The summed E-state index contributed by atoms with van der Waals surface area (Å²) in [6.07, 6.45) is 9.65. The van der Waals surface area contributed by atoms with Gasteiger partial charge in [0.05, 0.1) is 35.2 Å². The van der Waals surface area contributed by atoms with Crippen molar-refractivity contribution in [3.63, 3.8) is 0 Å². The Kier molecular flexibility index (Phi) is 8.28. The van der Waals surface area contributed by atoms with Crippen molar-refractivity contribution in [2.45, 2.75) is 88.9 Å². The number of rotatable bonds is 8. The normalized spacial score (nSPS) is 18.7. The van der Waals surface area contributed by atoms with Gasteiger partial charge in [-0.15, -0.1) is 0 Å². The fraction of sp³-hybridized carbons (Fsp3) is 0.516. The summed E-state index contributed by atoms with van der Waals surface area (Å²) >= 11 is 0. The first-order chi connectivity index (χ1) is 17.5. The zero-order valence-electron chi connectivity index (χ0n) is 21.6. The maximum atomic E-state index is 14.9. The van der Waals surface area contributed by atoms with Crippen molar-refractivity contribution >= 4 is 17.7 Å². The van der Waals surface area contributed by atoms with Gasteiger partial charge in [0.25, 0.3) is 0 Å². The van der Waals surface area contributed by atoms with E-state index in [2.05, 4.69) is 0 Å². The Balaban J connectivity index is 1.73. The average molecular weight is 491 g/mol. The van der Waals surface area contributed by atoms with Crippen molar-refractivity contribution in [1.29, 1.82) is 0 Å². The van der Waals surface area contributed by atoms with E-state index in [1.54, 1.807) is 38.1 Å². The summed E-state index contributed by atoms with van der Waals surface area (Å²) in [6, 6.07) is 15.1. The Morgan fingerprint density at radius 3 is 1.22 bits per heavy atom. The predicted octanol–water partition coefficient (Wildman–Crippen LogP) is 6.71. The molecule has 0 amide bonds. The molecule has 0 saturated heterocycles. The van der Waals surface area contributed by atoms with E-state index in [-0.39, 0.29) is 11.9 Å². The van der Waals surface area contributed by atoms with Crippen LogP contribution < -0.4 is 0 Å². The van der Waals surface area contributed by atoms with Crippen LogP contribution in [0, 0.1) is 0 Å². The lowest BCUT2D eigenvalue weighted by Gasteiger charge is -2.46. The highest BCUT2D eigenvalue weighted by Crippen LogP contribution is 2.50. The highest BCUT2D eigenvalue weighted by Gasteiger charge is 2.52. The molecule has 2 aromatic carbocycles. The molecule has 0 unspecified atom stereocenters. The molecule has 0 aliphatic heterocycles. The fourth-order valence-electron chi connectivity index (χ4n) is 6.34. The summed E-state index contributed by atoms with van der Waals surface area (Å²) in [5.74, 6) is -0.362. The van der Waals surface area contributed by atoms with Crippen molar-refractivity contribution in [2.75, 3.05) is 13.2 Å². The topological polar surface area (TPSA) is 69.7 Å². The van der Waals surface area contributed by atoms with E-state index < -0.39 is 10.8 Å². The van der Waals surface area contributed by atoms with Crippen molar-refractivity contribution in [2.24, 2.45) is 0 Å². The van der Waals surface area contributed by atoms with Gasteiger partial charge in [-0.1, -0.05) is 62.8 Å². The zero-order valence-corrected chi connectivity index (χ0v) is 21.6. The minimum absolute atomic E-state index is 0.308. The van der Waals surface area contributed by atoms with Gasteiger partial charge in [-0.25, -0.2) is 9.59 Å². The summed E-state index contributed by atoms with van der Waals surface area (Å²) in [5.41, 5.74) is 1.91. The molecule has 2 saturated carbocycles. The van der Waals surface area contributed by atoms with Crippen LogP contribution >= 0.6 is 0 Å². The summed E-state index contributed by atoms with van der Waals surface area (Å²) in [6.45, 7) is 4.26. The molecule has 192 valence electrons. The van der Waals surface area contributed by atoms with Crippen LogP contribution in [0.5, 0.6) is 0 Å². The molecular formula is C31H38O5. The van der Waals surface area contributed by atoms with Gasteiger partial charge in [-0.2, -0.15) is 0 Å². The number of carbonyl (C=O) groups is 3. The Morgan fingerprint density at radius 2 is 0.917 bits per heavy atom. The van der Waals surface area contributed by atoms with Gasteiger partial charge in [-0.05, 0) is 74.9 Å². The van der Waals surface area contributed by atoms with E-state index in [0.29, 0.717) is 30.1 Å². The van der Waals surface area contributed by atoms with Crippen LogP contribution in [0.2, 0.25) is 0 Å². The lowest BCUT2D eigenvalue weighted by Crippen LogP contribution is -2.51. The molecular weight excluding hydrogens is 452 g/mol. The third kappa shape index (κ3) is 4.98. The molecule has 0 N–H and O–H groups in total. The van der Waals surface area contributed by atoms with Gasteiger partial charge in [0, 0.05) is 0 Å². The van der Waals surface area contributed by atoms with E-state index in [1.165, 1.54) is 0 Å². The Labute approximate surface area is 214 Å². The van der Waals surface area contributed by atoms with Crippen LogP contribution in [-0.4, -0.2) is 30.9 Å². The number of ether oxygens (including phenoxy) is 2. The summed E-state index contributed by atoms with van der Waals surface area (Å²) in [4.78, 5) is 39.3. The maximum Gasteiger partial charge on any atom is 0.338 e. The number of hydrogen-bond acceptors (Lipinski definition) is 5. The molecule has 0 atom stereocenters. The number of ketones is 1. The standard InChI is InChI=1S/C31H38O5/c1-3-35-27(32)23-11-15-25(16-12-23)30(19-7-5-8-20-30)29(34)31(21-9-6-10-22-31)26-17-13-24(14-18-26)28(33)36-4-2/h11-18H,3-10,19-22H2,1-2H3. The third-order valence-corrected chi connectivity index (χ3v) is 8.18. The molecule has 36 heavy (non-hydrogen) atoms. The monoisotopic (exact) mass is 490 g/mol. The molecule has 0 bridgehead atoms. The van der Waals surface area contributed by atoms with Crippen LogP contribution in [0.1, 0.15) is 110 Å². The molecule has 2 aliphatic carbocycles. The summed E-state index contributed by atoms with van der Waals surface area (Å²) in [7, 11) is 0. The van der Waals surface area contributed by atoms with Gasteiger partial charge in [-0.3, -0.25) is 4.79 Å². The minimum atomic E-state index is -0.567. The SMILES string of the molecule is CCOC(=O)c1ccc(C2(C(=O)C3(c4ccc(C(=O)OCC)cc4)CCCCC3)CCCCC2)cc1. The van der Waals surface area contributed by atoms with Gasteiger partial charge in [0.15, 0.2) is 5.78 Å². The molecule has 2 aliphatic rings. The van der Waals surface area contributed by atoms with Crippen molar-refractivity contribution in [1.82, 2.24) is 0 Å². The first kappa shape index (κ1) is 26.1.